The van der Waals surface area contributed by atoms with Crippen LogP contribution >= 0.6 is 0 Å². The molecule has 0 radical (unpaired) electrons. The summed E-state index contributed by atoms with van der Waals surface area (Å²) in [7, 11) is 0. The van der Waals surface area contributed by atoms with Crippen molar-refractivity contribution in [2.75, 3.05) is 44.7 Å². The maximum Gasteiger partial charge on any atom is 0.186 e. The van der Waals surface area contributed by atoms with Crippen LogP contribution in [-0.2, 0) is 4.74 Å². The molecule has 2 heterocycles. The van der Waals surface area contributed by atoms with E-state index in [1.807, 2.05) is 19.1 Å². The molecule has 2 aromatic rings. The van der Waals surface area contributed by atoms with E-state index < -0.39 is 0 Å². The molecule has 0 saturated carbocycles. The average Bonchev–Trinajstić information content (AvgIpc) is 2.59. The third-order valence-corrected chi connectivity index (χ3v) is 4.08. The standard InChI is InChI=1S/C17H21N5O/c1-13-3-4-15-14(11-13)17(16(12-18)21-20-15)19-5-2-6-22-7-9-23-10-8-22/h3-4,11H,2,5-10H2,1H3,(H,19,20). The summed E-state index contributed by atoms with van der Waals surface area (Å²) in [6.45, 7) is 7.53. The van der Waals surface area contributed by atoms with Gasteiger partial charge in [-0.1, -0.05) is 11.6 Å². The van der Waals surface area contributed by atoms with Crippen molar-refractivity contribution in [1.29, 1.82) is 5.26 Å². The number of ether oxygens (including phenoxy) is 1. The maximum atomic E-state index is 9.29. The second-order valence-corrected chi connectivity index (χ2v) is 5.79. The van der Waals surface area contributed by atoms with Crippen LogP contribution in [0.2, 0.25) is 0 Å². The van der Waals surface area contributed by atoms with E-state index >= 15 is 0 Å². The SMILES string of the molecule is Cc1ccc2nnc(C#N)c(NCCCN3CCOCC3)c2c1. The highest BCUT2D eigenvalue weighted by molar-refractivity contribution is 5.93. The smallest absolute Gasteiger partial charge is 0.186 e. The fraction of sp³-hybridized carbons (Fsp3) is 0.471. The molecule has 0 amide bonds. The molecule has 6 nitrogen and oxygen atoms in total. The van der Waals surface area contributed by atoms with E-state index in [1.54, 1.807) is 0 Å². The zero-order valence-electron chi connectivity index (χ0n) is 13.4. The van der Waals surface area contributed by atoms with Crippen LogP contribution in [-0.4, -0.2) is 54.5 Å². The monoisotopic (exact) mass is 311 g/mol. The molecule has 120 valence electrons. The van der Waals surface area contributed by atoms with E-state index in [0.29, 0.717) is 5.69 Å². The highest BCUT2D eigenvalue weighted by Gasteiger charge is 2.12. The van der Waals surface area contributed by atoms with Gasteiger partial charge < -0.3 is 10.1 Å². The summed E-state index contributed by atoms with van der Waals surface area (Å²) in [6.07, 6.45) is 1.01. The zero-order valence-corrected chi connectivity index (χ0v) is 13.4. The predicted octanol–water partition coefficient (Wildman–Crippen LogP) is 1.94. The van der Waals surface area contributed by atoms with Crippen molar-refractivity contribution in [3.05, 3.63) is 29.5 Å². The second kappa shape index (κ2) is 7.36. The Morgan fingerprint density at radius 2 is 2.13 bits per heavy atom. The van der Waals surface area contributed by atoms with E-state index in [9.17, 15) is 5.26 Å². The summed E-state index contributed by atoms with van der Waals surface area (Å²) in [5.41, 5.74) is 3.11. The number of aryl methyl sites for hydroxylation is 1. The number of morpholine rings is 1. The number of rotatable bonds is 5. The minimum atomic E-state index is 0.356. The van der Waals surface area contributed by atoms with Crippen LogP contribution in [0.15, 0.2) is 18.2 Å². The van der Waals surface area contributed by atoms with Crippen molar-refractivity contribution >= 4 is 16.6 Å². The normalized spacial score (nSPS) is 15.5. The summed E-state index contributed by atoms with van der Waals surface area (Å²) in [5.74, 6) is 0. The molecule has 1 aliphatic heterocycles. The van der Waals surface area contributed by atoms with Gasteiger partial charge in [0.2, 0.25) is 0 Å². The van der Waals surface area contributed by atoms with Crippen molar-refractivity contribution in [3.8, 4) is 6.07 Å². The third-order valence-electron chi connectivity index (χ3n) is 4.08. The summed E-state index contributed by atoms with van der Waals surface area (Å²) in [5, 5.41) is 21.8. The molecular weight excluding hydrogens is 290 g/mol. The van der Waals surface area contributed by atoms with Crippen LogP contribution in [0.1, 0.15) is 17.7 Å². The maximum absolute atomic E-state index is 9.29. The molecule has 3 rings (SSSR count). The number of hydrogen-bond donors (Lipinski definition) is 1. The lowest BCUT2D eigenvalue weighted by atomic mass is 10.1. The summed E-state index contributed by atoms with van der Waals surface area (Å²) < 4.78 is 5.36. The number of anilines is 1. The molecule has 0 unspecified atom stereocenters. The topological polar surface area (TPSA) is 74.1 Å². The third kappa shape index (κ3) is 3.76. The molecule has 6 heteroatoms. The lowest BCUT2D eigenvalue weighted by Crippen LogP contribution is -2.37. The molecule has 1 N–H and O–H groups in total. The van der Waals surface area contributed by atoms with Gasteiger partial charge in [-0.15, -0.1) is 10.2 Å². The van der Waals surface area contributed by atoms with Gasteiger partial charge in [0.15, 0.2) is 5.69 Å². The van der Waals surface area contributed by atoms with Gasteiger partial charge in [0.05, 0.1) is 24.4 Å². The number of benzene rings is 1. The number of aromatic nitrogens is 2. The lowest BCUT2D eigenvalue weighted by molar-refractivity contribution is 0.0378. The molecule has 0 aliphatic carbocycles. The second-order valence-electron chi connectivity index (χ2n) is 5.79. The zero-order chi connectivity index (χ0) is 16.1. The minimum absolute atomic E-state index is 0.356. The Morgan fingerprint density at radius 1 is 1.30 bits per heavy atom. The quantitative estimate of drug-likeness (QED) is 0.851. The van der Waals surface area contributed by atoms with Crippen LogP contribution in [0.3, 0.4) is 0 Å². The first kappa shape index (κ1) is 15.7. The highest BCUT2D eigenvalue weighted by Crippen LogP contribution is 2.25. The van der Waals surface area contributed by atoms with Crippen molar-refractivity contribution in [1.82, 2.24) is 15.1 Å². The van der Waals surface area contributed by atoms with Crippen LogP contribution < -0.4 is 5.32 Å². The molecule has 0 bridgehead atoms. The van der Waals surface area contributed by atoms with Crippen molar-refractivity contribution < 1.29 is 4.74 Å². The van der Waals surface area contributed by atoms with E-state index in [1.165, 1.54) is 0 Å². The first-order valence-corrected chi connectivity index (χ1v) is 7.99. The van der Waals surface area contributed by atoms with Gasteiger partial charge in [0.25, 0.3) is 0 Å². The van der Waals surface area contributed by atoms with Gasteiger partial charge in [-0.25, -0.2) is 0 Å². The van der Waals surface area contributed by atoms with E-state index in [-0.39, 0.29) is 0 Å². The van der Waals surface area contributed by atoms with Gasteiger partial charge >= 0.3 is 0 Å². The number of nitriles is 1. The van der Waals surface area contributed by atoms with E-state index in [0.717, 1.165) is 68.0 Å². The fourth-order valence-electron chi connectivity index (χ4n) is 2.82. The van der Waals surface area contributed by atoms with Gasteiger partial charge in [-0.3, -0.25) is 4.90 Å². The Bertz CT molecular complexity index is 719. The molecule has 1 aromatic carbocycles. The number of fused-ring (bicyclic) bond motifs is 1. The molecule has 1 fully saturated rings. The van der Waals surface area contributed by atoms with Gasteiger partial charge in [0, 0.05) is 25.0 Å². The Kier molecular flexibility index (Phi) is 5.01. The first-order valence-electron chi connectivity index (χ1n) is 7.99. The average molecular weight is 311 g/mol. The Labute approximate surface area is 136 Å². The van der Waals surface area contributed by atoms with E-state index in [4.69, 9.17) is 4.74 Å². The number of nitrogens with zero attached hydrogens (tertiary/aromatic N) is 4. The van der Waals surface area contributed by atoms with Crippen molar-refractivity contribution in [2.24, 2.45) is 0 Å². The summed E-state index contributed by atoms with van der Waals surface area (Å²) in [6, 6.07) is 8.13. The van der Waals surface area contributed by atoms with Gasteiger partial charge in [-0.05, 0) is 32.0 Å². The summed E-state index contributed by atoms with van der Waals surface area (Å²) >= 11 is 0. The molecule has 1 aliphatic rings. The van der Waals surface area contributed by atoms with Crippen LogP contribution in [0.5, 0.6) is 0 Å². The number of nitrogens with one attached hydrogen (secondary N) is 1. The van der Waals surface area contributed by atoms with Crippen molar-refractivity contribution in [2.45, 2.75) is 13.3 Å². The Morgan fingerprint density at radius 3 is 2.91 bits per heavy atom. The predicted molar refractivity (Wildman–Crippen MR) is 89.4 cm³/mol. The first-order chi connectivity index (χ1) is 11.3. The summed E-state index contributed by atoms with van der Waals surface area (Å²) in [4.78, 5) is 2.41. The largest absolute Gasteiger partial charge is 0.382 e. The van der Waals surface area contributed by atoms with Gasteiger partial charge in [-0.2, -0.15) is 5.26 Å². The van der Waals surface area contributed by atoms with Crippen LogP contribution in [0, 0.1) is 18.3 Å². The lowest BCUT2D eigenvalue weighted by Gasteiger charge is -2.26. The minimum Gasteiger partial charge on any atom is -0.382 e. The van der Waals surface area contributed by atoms with Gasteiger partial charge in [0.1, 0.15) is 6.07 Å². The van der Waals surface area contributed by atoms with Crippen LogP contribution in [0.25, 0.3) is 10.9 Å². The molecular formula is C17H21N5O. The molecule has 1 saturated heterocycles. The fourth-order valence-corrected chi connectivity index (χ4v) is 2.82. The molecule has 0 spiro atoms. The Hall–Kier alpha value is -2.23. The van der Waals surface area contributed by atoms with Crippen molar-refractivity contribution in [3.63, 3.8) is 0 Å². The van der Waals surface area contributed by atoms with E-state index in [2.05, 4.69) is 32.5 Å². The molecule has 0 atom stereocenters. The molecule has 1 aromatic heterocycles. The Balaban J connectivity index is 1.68. The van der Waals surface area contributed by atoms with Crippen LogP contribution in [0.4, 0.5) is 5.69 Å². The number of hydrogen-bond acceptors (Lipinski definition) is 6. The molecule has 23 heavy (non-hydrogen) atoms. The highest BCUT2D eigenvalue weighted by atomic mass is 16.5.